The van der Waals surface area contributed by atoms with E-state index in [1.807, 2.05) is 48.5 Å². The quantitative estimate of drug-likeness (QED) is 0.736. The van der Waals surface area contributed by atoms with Crippen molar-refractivity contribution >= 4 is 38.5 Å². The monoisotopic (exact) mass is 329 g/mol. The molecule has 1 heterocycles. The molecule has 20 heavy (non-hydrogen) atoms. The molecule has 0 saturated heterocycles. The minimum atomic E-state index is -0.167. The molecule has 1 amide bonds. The smallest absolute Gasteiger partial charge is 0.259 e. The van der Waals surface area contributed by atoms with Gasteiger partial charge < -0.3 is 9.73 Å². The fourth-order valence-electron chi connectivity index (χ4n) is 2.20. The van der Waals surface area contributed by atoms with E-state index in [1.165, 1.54) is 0 Å². The Kier molecular flexibility index (Phi) is 3.32. The van der Waals surface area contributed by atoms with Crippen LogP contribution >= 0.6 is 15.9 Å². The fourth-order valence-corrected chi connectivity index (χ4v) is 2.58. The Balaban J connectivity index is 2.01. The Morgan fingerprint density at radius 3 is 2.60 bits per heavy atom. The number of amides is 1. The number of anilines is 1. The van der Waals surface area contributed by atoms with Gasteiger partial charge in [0.05, 0.1) is 11.3 Å². The lowest BCUT2D eigenvalue weighted by Crippen LogP contribution is -2.12. The Morgan fingerprint density at radius 2 is 1.80 bits per heavy atom. The zero-order valence-corrected chi connectivity index (χ0v) is 12.4. The number of benzene rings is 2. The second-order valence-electron chi connectivity index (χ2n) is 4.46. The number of hydrogen-bond acceptors (Lipinski definition) is 2. The predicted octanol–water partition coefficient (Wildman–Crippen LogP) is 4.76. The summed E-state index contributed by atoms with van der Waals surface area (Å²) >= 11 is 3.42. The molecule has 100 valence electrons. The lowest BCUT2D eigenvalue weighted by molar-refractivity contribution is 0.102. The van der Waals surface area contributed by atoms with Gasteiger partial charge in [0.15, 0.2) is 0 Å². The van der Waals surface area contributed by atoms with E-state index in [0.29, 0.717) is 11.3 Å². The summed E-state index contributed by atoms with van der Waals surface area (Å²) in [5.41, 5.74) is 2.04. The molecule has 2 aromatic carbocycles. The summed E-state index contributed by atoms with van der Waals surface area (Å²) < 4.78 is 6.46. The number of para-hydroxylation sites is 2. The average molecular weight is 330 g/mol. The van der Waals surface area contributed by atoms with Crippen LogP contribution in [0.5, 0.6) is 0 Å². The first-order valence-corrected chi connectivity index (χ1v) is 7.00. The zero-order valence-electron chi connectivity index (χ0n) is 10.8. The second-order valence-corrected chi connectivity index (χ2v) is 5.32. The first-order chi connectivity index (χ1) is 9.66. The molecule has 0 aliphatic carbocycles. The summed E-state index contributed by atoms with van der Waals surface area (Å²) in [6, 6.07) is 15.0. The maximum Gasteiger partial charge on any atom is 0.259 e. The van der Waals surface area contributed by atoms with E-state index in [0.717, 1.165) is 21.1 Å². The zero-order chi connectivity index (χ0) is 14.1. The van der Waals surface area contributed by atoms with E-state index in [4.69, 9.17) is 4.42 Å². The summed E-state index contributed by atoms with van der Waals surface area (Å²) in [4.78, 5) is 12.5. The van der Waals surface area contributed by atoms with Gasteiger partial charge >= 0.3 is 0 Å². The fraction of sp³-hybridized carbons (Fsp3) is 0.0625. The first-order valence-electron chi connectivity index (χ1n) is 6.21. The molecule has 0 radical (unpaired) electrons. The van der Waals surface area contributed by atoms with Crippen molar-refractivity contribution in [2.24, 2.45) is 0 Å². The van der Waals surface area contributed by atoms with Crippen LogP contribution in [0.4, 0.5) is 5.69 Å². The largest absolute Gasteiger partial charge is 0.461 e. The van der Waals surface area contributed by atoms with Crippen LogP contribution in [0, 0.1) is 6.92 Å². The van der Waals surface area contributed by atoms with Crippen LogP contribution in [0.3, 0.4) is 0 Å². The Labute approximate surface area is 124 Å². The molecule has 0 atom stereocenters. The number of hydrogen-bond donors (Lipinski definition) is 1. The number of halogens is 1. The van der Waals surface area contributed by atoms with Crippen LogP contribution in [0.15, 0.2) is 57.4 Å². The van der Waals surface area contributed by atoms with Gasteiger partial charge in [-0.1, -0.05) is 30.3 Å². The van der Waals surface area contributed by atoms with Gasteiger partial charge in [0.2, 0.25) is 0 Å². The lowest BCUT2D eigenvalue weighted by atomic mass is 10.1. The number of nitrogens with one attached hydrogen (secondary N) is 1. The van der Waals surface area contributed by atoms with Crippen molar-refractivity contribution in [3.63, 3.8) is 0 Å². The lowest BCUT2D eigenvalue weighted by Gasteiger charge is -2.06. The van der Waals surface area contributed by atoms with Crippen LogP contribution in [0.2, 0.25) is 0 Å². The van der Waals surface area contributed by atoms with Gasteiger partial charge in [-0.05, 0) is 41.1 Å². The normalized spacial score (nSPS) is 10.7. The van der Waals surface area contributed by atoms with Gasteiger partial charge in [0.25, 0.3) is 5.91 Å². The number of carbonyl (C=O) groups is 1. The molecule has 1 N–H and O–H groups in total. The second kappa shape index (κ2) is 5.13. The van der Waals surface area contributed by atoms with Crippen LogP contribution in [-0.4, -0.2) is 5.91 Å². The van der Waals surface area contributed by atoms with Gasteiger partial charge in [-0.15, -0.1) is 0 Å². The molecule has 4 heteroatoms. The van der Waals surface area contributed by atoms with Crippen molar-refractivity contribution in [1.82, 2.24) is 0 Å². The third kappa shape index (κ3) is 2.23. The highest BCUT2D eigenvalue weighted by Gasteiger charge is 2.18. The summed E-state index contributed by atoms with van der Waals surface area (Å²) in [6.07, 6.45) is 0. The van der Waals surface area contributed by atoms with Crippen molar-refractivity contribution in [1.29, 1.82) is 0 Å². The summed E-state index contributed by atoms with van der Waals surface area (Å²) in [6.45, 7) is 1.80. The maximum absolute atomic E-state index is 12.5. The van der Waals surface area contributed by atoms with Crippen molar-refractivity contribution in [2.45, 2.75) is 6.92 Å². The molecule has 0 aliphatic heterocycles. The van der Waals surface area contributed by atoms with E-state index in [9.17, 15) is 4.79 Å². The summed E-state index contributed by atoms with van der Waals surface area (Å²) in [7, 11) is 0. The molecule has 3 rings (SSSR count). The van der Waals surface area contributed by atoms with E-state index in [-0.39, 0.29) is 5.91 Å². The van der Waals surface area contributed by atoms with Crippen molar-refractivity contribution in [3.05, 3.63) is 64.3 Å². The third-order valence-electron chi connectivity index (χ3n) is 3.12. The number of aryl methyl sites for hydroxylation is 1. The number of rotatable bonds is 2. The highest BCUT2D eigenvalue weighted by atomic mass is 79.9. The van der Waals surface area contributed by atoms with Gasteiger partial charge in [-0.25, -0.2) is 0 Å². The predicted molar refractivity (Wildman–Crippen MR) is 83.0 cm³/mol. The number of furan rings is 1. The van der Waals surface area contributed by atoms with Gasteiger partial charge in [-0.2, -0.15) is 0 Å². The highest BCUT2D eigenvalue weighted by Crippen LogP contribution is 2.27. The third-order valence-corrected chi connectivity index (χ3v) is 3.81. The number of carbonyl (C=O) groups excluding carboxylic acids is 1. The molecule has 3 nitrogen and oxygen atoms in total. The molecule has 3 aromatic rings. The Hall–Kier alpha value is -2.07. The van der Waals surface area contributed by atoms with Gasteiger partial charge in [0, 0.05) is 9.86 Å². The first kappa shape index (κ1) is 12.9. The SMILES string of the molecule is Cc1oc2ccccc2c1C(=O)Nc1ccccc1Br. The molecular formula is C16H12BrNO2. The minimum Gasteiger partial charge on any atom is -0.461 e. The van der Waals surface area contributed by atoms with Crippen LogP contribution < -0.4 is 5.32 Å². The van der Waals surface area contributed by atoms with E-state index in [2.05, 4.69) is 21.2 Å². The van der Waals surface area contributed by atoms with Gasteiger partial charge in [-0.3, -0.25) is 4.79 Å². The maximum atomic E-state index is 12.5. The van der Waals surface area contributed by atoms with E-state index in [1.54, 1.807) is 6.92 Å². The molecule has 0 bridgehead atoms. The van der Waals surface area contributed by atoms with Gasteiger partial charge in [0.1, 0.15) is 11.3 Å². The average Bonchev–Trinajstić information content (AvgIpc) is 2.77. The highest BCUT2D eigenvalue weighted by molar-refractivity contribution is 9.10. The summed E-state index contributed by atoms with van der Waals surface area (Å²) in [5.74, 6) is 0.454. The molecule has 0 fully saturated rings. The Bertz CT molecular complexity index is 792. The molecule has 0 saturated carbocycles. The number of fused-ring (bicyclic) bond motifs is 1. The molecular weight excluding hydrogens is 318 g/mol. The molecule has 0 aliphatic rings. The topological polar surface area (TPSA) is 42.2 Å². The van der Waals surface area contributed by atoms with Crippen LogP contribution in [0.1, 0.15) is 16.1 Å². The van der Waals surface area contributed by atoms with Crippen LogP contribution in [-0.2, 0) is 0 Å². The van der Waals surface area contributed by atoms with Crippen molar-refractivity contribution in [2.75, 3.05) is 5.32 Å². The molecule has 0 spiro atoms. The summed E-state index contributed by atoms with van der Waals surface area (Å²) in [5, 5.41) is 3.73. The Morgan fingerprint density at radius 1 is 1.10 bits per heavy atom. The van der Waals surface area contributed by atoms with Crippen molar-refractivity contribution in [3.8, 4) is 0 Å². The van der Waals surface area contributed by atoms with Crippen LogP contribution in [0.25, 0.3) is 11.0 Å². The molecule has 0 unspecified atom stereocenters. The van der Waals surface area contributed by atoms with E-state index < -0.39 is 0 Å². The van der Waals surface area contributed by atoms with E-state index >= 15 is 0 Å². The standard InChI is InChI=1S/C16H12BrNO2/c1-10-15(11-6-2-5-9-14(11)20-10)16(19)18-13-8-4-3-7-12(13)17/h2-9H,1H3,(H,18,19). The van der Waals surface area contributed by atoms with Crippen molar-refractivity contribution < 1.29 is 9.21 Å². The minimum absolute atomic E-state index is 0.167. The molecule has 1 aromatic heterocycles.